The first kappa shape index (κ1) is 13.7. The molecule has 0 unspecified atom stereocenters. The van der Waals surface area contributed by atoms with Crippen molar-refractivity contribution in [3.63, 3.8) is 0 Å². The minimum Gasteiger partial charge on any atom is -0.486 e. The summed E-state index contributed by atoms with van der Waals surface area (Å²) in [6.45, 7) is 1.16. The molecular weight excluding hydrogens is 282 g/mol. The van der Waals surface area contributed by atoms with Gasteiger partial charge in [-0.1, -0.05) is 0 Å². The fraction of sp³-hybridized carbons (Fsp3) is 0.588. The Morgan fingerprint density at radius 3 is 2.50 bits per heavy atom. The molecule has 5 heteroatoms. The number of nitrogens with one attached hydrogen (secondary N) is 1. The Kier molecular flexibility index (Phi) is 3.56. The molecule has 0 radical (unpaired) electrons. The van der Waals surface area contributed by atoms with Crippen molar-refractivity contribution >= 4 is 5.91 Å². The van der Waals surface area contributed by atoms with Crippen molar-refractivity contribution in [2.45, 2.75) is 31.7 Å². The smallest absolute Gasteiger partial charge is 0.258 e. The maximum atomic E-state index is 12.1. The largest absolute Gasteiger partial charge is 0.486 e. The number of fused-ring (bicyclic) bond motifs is 1. The predicted molar refractivity (Wildman–Crippen MR) is 80.3 cm³/mol. The van der Waals surface area contributed by atoms with Crippen molar-refractivity contribution in [1.29, 1.82) is 0 Å². The average molecular weight is 303 g/mol. The molecule has 4 rings (SSSR count). The Hall–Kier alpha value is -1.91. The second-order valence-corrected chi connectivity index (χ2v) is 6.36. The Morgan fingerprint density at radius 2 is 1.82 bits per heavy atom. The number of carbonyl (C=O) groups excluding carboxylic acids is 1. The number of rotatable bonds is 6. The molecule has 0 saturated heterocycles. The second kappa shape index (κ2) is 5.71. The van der Waals surface area contributed by atoms with Crippen molar-refractivity contribution in [2.75, 3.05) is 19.8 Å². The van der Waals surface area contributed by atoms with Crippen LogP contribution in [-0.4, -0.2) is 31.8 Å². The summed E-state index contributed by atoms with van der Waals surface area (Å²) in [5.74, 6) is 3.41. The molecule has 5 nitrogen and oxygen atoms in total. The first-order valence-corrected chi connectivity index (χ1v) is 8.11. The van der Waals surface area contributed by atoms with Gasteiger partial charge in [0.05, 0.1) is 0 Å². The molecule has 1 aromatic carbocycles. The molecule has 22 heavy (non-hydrogen) atoms. The predicted octanol–water partition coefficient (Wildman–Crippen LogP) is 2.14. The van der Waals surface area contributed by atoms with Crippen molar-refractivity contribution < 1.29 is 19.0 Å². The summed E-state index contributed by atoms with van der Waals surface area (Å²) in [6.07, 6.45) is 5.02. The standard InChI is InChI=1S/C17H21NO4/c19-16(18-17(11-1-2-11)12-3-4-12)10-22-13-5-6-14-15(9-13)21-8-7-20-14/h5-6,9,11-12,17H,1-4,7-8,10H2,(H,18,19). The third-order valence-electron chi connectivity index (χ3n) is 4.47. The van der Waals surface area contributed by atoms with E-state index in [4.69, 9.17) is 14.2 Å². The third-order valence-corrected chi connectivity index (χ3v) is 4.47. The Labute approximate surface area is 129 Å². The fourth-order valence-electron chi connectivity index (χ4n) is 3.02. The Bertz CT molecular complexity index is 554. The summed E-state index contributed by atoms with van der Waals surface area (Å²) < 4.78 is 16.6. The van der Waals surface area contributed by atoms with Crippen LogP contribution in [-0.2, 0) is 4.79 Å². The Balaban J connectivity index is 1.31. The summed E-state index contributed by atoms with van der Waals surface area (Å²) in [6, 6.07) is 5.77. The quantitative estimate of drug-likeness (QED) is 0.875. The normalized spacial score (nSPS) is 19.9. The van der Waals surface area contributed by atoms with Crippen molar-refractivity contribution in [2.24, 2.45) is 11.8 Å². The van der Waals surface area contributed by atoms with E-state index in [9.17, 15) is 4.79 Å². The molecule has 0 spiro atoms. The van der Waals surface area contributed by atoms with Gasteiger partial charge in [0.25, 0.3) is 5.91 Å². The molecule has 2 saturated carbocycles. The molecule has 2 aliphatic carbocycles. The topological polar surface area (TPSA) is 56.8 Å². The van der Waals surface area contributed by atoms with Gasteiger partial charge in [-0.3, -0.25) is 4.79 Å². The van der Waals surface area contributed by atoms with Crippen LogP contribution in [0, 0.1) is 11.8 Å². The third kappa shape index (κ3) is 3.13. The summed E-state index contributed by atoms with van der Waals surface area (Å²) in [7, 11) is 0. The number of ether oxygens (including phenoxy) is 3. The number of benzene rings is 1. The van der Waals surface area contributed by atoms with Gasteiger partial charge in [-0.15, -0.1) is 0 Å². The number of hydrogen-bond donors (Lipinski definition) is 1. The van der Waals surface area contributed by atoms with Crippen LogP contribution in [0.4, 0.5) is 0 Å². The van der Waals surface area contributed by atoms with Gasteiger partial charge >= 0.3 is 0 Å². The first-order valence-electron chi connectivity index (χ1n) is 8.11. The van der Waals surface area contributed by atoms with Crippen molar-refractivity contribution in [3.8, 4) is 17.2 Å². The van der Waals surface area contributed by atoms with Gasteiger partial charge in [-0.25, -0.2) is 0 Å². The van der Waals surface area contributed by atoms with Gasteiger partial charge in [-0.2, -0.15) is 0 Å². The zero-order chi connectivity index (χ0) is 14.9. The number of hydrogen-bond acceptors (Lipinski definition) is 4. The molecule has 1 heterocycles. The highest BCUT2D eigenvalue weighted by atomic mass is 16.6. The molecule has 3 aliphatic rings. The van der Waals surface area contributed by atoms with Gasteiger partial charge in [0.1, 0.15) is 19.0 Å². The number of amides is 1. The minimum atomic E-state index is -0.0290. The van der Waals surface area contributed by atoms with Crippen LogP contribution in [0.3, 0.4) is 0 Å². The molecule has 1 aromatic rings. The SMILES string of the molecule is O=C(COc1ccc2c(c1)OCCO2)NC(C1CC1)C1CC1. The zero-order valence-electron chi connectivity index (χ0n) is 12.5. The van der Waals surface area contributed by atoms with E-state index in [1.165, 1.54) is 25.7 Å². The maximum Gasteiger partial charge on any atom is 0.258 e. The lowest BCUT2D eigenvalue weighted by atomic mass is 10.1. The summed E-state index contributed by atoms with van der Waals surface area (Å²) >= 11 is 0. The average Bonchev–Trinajstić information content (AvgIpc) is 3.43. The summed E-state index contributed by atoms with van der Waals surface area (Å²) in [5, 5.41) is 3.15. The van der Waals surface area contributed by atoms with Gasteiger partial charge in [0.15, 0.2) is 18.1 Å². The highest BCUT2D eigenvalue weighted by molar-refractivity contribution is 5.78. The molecular formula is C17H21NO4. The van der Waals surface area contributed by atoms with Crippen LogP contribution in [0.15, 0.2) is 18.2 Å². The van der Waals surface area contributed by atoms with Crippen LogP contribution in [0.1, 0.15) is 25.7 Å². The lowest BCUT2D eigenvalue weighted by Crippen LogP contribution is -2.40. The number of carbonyl (C=O) groups is 1. The van der Waals surface area contributed by atoms with E-state index in [0.29, 0.717) is 42.6 Å². The van der Waals surface area contributed by atoms with Crippen LogP contribution < -0.4 is 19.5 Å². The highest BCUT2D eigenvalue weighted by Crippen LogP contribution is 2.44. The van der Waals surface area contributed by atoms with E-state index in [2.05, 4.69) is 5.32 Å². The van der Waals surface area contributed by atoms with Crippen LogP contribution in [0.2, 0.25) is 0 Å². The van der Waals surface area contributed by atoms with Gasteiger partial charge in [0.2, 0.25) is 0 Å². The van der Waals surface area contributed by atoms with Gasteiger partial charge in [0, 0.05) is 12.1 Å². The summed E-state index contributed by atoms with van der Waals surface area (Å²) in [4.78, 5) is 12.1. The molecule has 1 amide bonds. The minimum absolute atomic E-state index is 0.0290. The molecule has 2 fully saturated rings. The van der Waals surface area contributed by atoms with Gasteiger partial charge < -0.3 is 19.5 Å². The van der Waals surface area contributed by atoms with E-state index < -0.39 is 0 Å². The molecule has 0 aromatic heterocycles. The summed E-state index contributed by atoms with van der Waals surface area (Å²) in [5.41, 5.74) is 0. The highest BCUT2D eigenvalue weighted by Gasteiger charge is 2.42. The molecule has 118 valence electrons. The van der Waals surface area contributed by atoms with Gasteiger partial charge in [-0.05, 0) is 49.7 Å². The fourth-order valence-corrected chi connectivity index (χ4v) is 3.02. The molecule has 0 bridgehead atoms. The van der Waals surface area contributed by atoms with E-state index in [-0.39, 0.29) is 12.5 Å². The van der Waals surface area contributed by atoms with E-state index in [1.54, 1.807) is 12.1 Å². The molecule has 0 atom stereocenters. The van der Waals surface area contributed by atoms with E-state index in [1.807, 2.05) is 6.07 Å². The van der Waals surface area contributed by atoms with Crippen LogP contribution in [0.5, 0.6) is 17.2 Å². The monoisotopic (exact) mass is 303 g/mol. The van der Waals surface area contributed by atoms with Crippen molar-refractivity contribution in [3.05, 3.63) is 18.2 Å². The lowest BCUT2D eigenvalue weighted by Gasteiger charge is -2.20. The van der Waals surface area contributed by atoms with Crippen molar-refractivity contribution in [1.82, 2.24) is 5.32 Å². The van der Waals surface area contributed by atoms with E-state index in [0.717, 1.165) is 5.75 Å². The zero-order valence-corrected chi connectivity index (χ0v) is 12.5. The maximum absolute atomic E-state index is 12.1. The Morgan fingerprint density at radius 1 is 1.14 bits per heavy atom. The lowest BCUT2D eigenvalue weighted by molar-refractivity contribution is -0.124. The second-order valence-electron chi connectivity index (χ2n) is 6.36. The van der Waals surface area contributed by atoms with Crippen LogP contribution >= 0.6 is 0 Å². The van der Waals surface area contributed by atoms with Crippen LogP contribution in [0.25, 0.3) is 0 Å². The van der Waals surface area contributed by atoms with E-state index >= 15 is 0 Å². The molecule has 1 N–H and O–H groups in total. The molecule has 1 aliphatic heterocycles. The first-order chi connectivity index (χ1) is 10.8.